The largest absolute Gasteiger partial charge is 0.484 e. The number of nitrogens with one attached hydrogen (secondary N) is 1. The Morgan fingerprint density at radius 1 is 1.09 bits per heavy atom. The van der Waals surface area contributed by atoms with E-state index < -0.39 is 0 Å². The lowest BCUT2D eigenvalue weighted by Gasteiger charge is -2.38. The van der Waals surface area contributed by atoms with Crippen LogP contribution in [0.15, 0.2) is 66.7 Å². The molecule has 0 aliphatic carbocycles. The summed E-state index contributed by atoms with van der Waals surface area (Å²) in [4.78, 5) is 27.0. The molecule has 0 bridgehead atoms. The average Bonchev–Trinajstić information content (AvgIpc) is 2.85. The number of fused-ring (bicyclic) bond motifs is 1. The zero-order chi connectivity index (χ0) is 24.1. The molecular formula is C28H29FN2O3. The smallest absolute Gasteiger partial charge is 0.258 e. The predicted octanol–water partition coefficient (Wildman–Crippen LogP) is 4.71. The molecule has 3 aromatic rings. The van der Waals surface area contributed by atoms with Crippen LogP contribution in [0.3, 0.4) is 0 Å². The van der Waals surface area contributed by atoms with Gasteiger partial charge in [0.15, 0.2) is 6.61 Å². The van der Waals surface area contributed by atoms with Gasteiger partial charge in [-0.2, -0.15) is 0 Å². The quantitative estimate of drug-likeness (QED) is 0.555. The van der Waals surface area contributed by atoms with Gasteiger partial charge in [-0.15, -0.1) is 0 Å². The van der Waals surface area contributed by atoms with Gasteiger partial charge in [-0.25, -0.2) is 4.39 Å². The number of rotatable bonds is 7. The van der Waals surface area contributed by atoms with Crippen molar-refractivity contribution in [2.24, 2.45) is 0 Å². The molecule has 1 heterocycles. The SMILES string of the molecule is CCC(=O)N1CCc2ccc(OCC(=O)NCc3cccc(F)c3)cc2[C@H]1c1cccc(C)c1. The van der Waals surface area contributed by atoms with Crippen molar-refractivity contribution in [3.05, 3.63) is 100 Å². The fourth-order valence-corrected chi connectivity index (χ4v) is 4.40. The maximum absolute atomic E-state index is 13.3. The molecule has 0 saturated heterocycles. The van der Waals surface area contributed by atoms with E-state index in [-0.39, 0.29) is 36.8 Å². The lowest BCUT2D eigenvalue weighted by Crippen LogP contribution is -2.40. The van der Waals surface area contributed by atoms with Crippen molar-refractivity contribution in [2.75, 3.05) is 13.2 Å². The molecule has 0 radical (unpaired) electrons. The first-order valence-corrected chi connectivity index (χ1v) is 11.6. The molecule has 1 aliphatic heterocycles. The average molecular weight is 461 g/mol. The molecule has 4 rings (SSSR count). The molecule has 1 atom stereocenters. The molecule has 1 aliphatic rings. The summed E-state index contributed by atoms with van der Waals surface area (Å²) in [7, 11) is 0. The number of amides is 2. The normalized spacial score (nSPS) is 14.9. The Kier molecular flexibility index (Phi) is 7.26. The minimum atomic E-state index is -0.337. The molecule has 2 amide bonds. The molecule has 3 aromatic carbocycles. The van der Waals surface area contributed by atoms with Crippen molar-refractivity contribution in [3.8, 4) is 5.75 Å². The molecule has 1 N–H and O–H groups in total. The van der Waals surface area contributed by atoms with Crippen molar-refractivity contribution in [1.29, 1.82) is 0 Å². The number of hydrogen-bond acceptors (Lipinski definition) is 3. The van der Waals surface area contributed by atoms with Crippen molar-refractivity contribution in [3.63, 3.8) is 0 Å². The third-order valence-electron chi connectivity index (χ3n) is 6.07. The Bertz CT molecular complexity index is 1190. The standard InChI is InChI=1S/C28H29FN2O3/c1-3-27(33)31-13-12-21-10-11-24(16-25(21)28(31)22-8-4-6-19(2)14-22)34-18-26(32)30-17-20-7-5-9-23(29)15-20/h4-11,14-16,28H,3,12-13,17-18H2,1-2H3,(H,30,32)/t28-/m1/s1. The topological polar surface area (TPSA) is 58.6 Å². The summed E-state index contributed by atoms with van der Waals surface area (Å²) in [6.07, 6.45) is 1.22. The summed E-state index contributed by atoms with van der Waals surface area (Å²) >= 11 is 0. The molecular weight excluding hydrogens is 431 g/mol. The summed E-state index contributed by atoms with van der Waals surface area (Å²) < 4.78 is 19.1. The molecule has 0 saturated carbocycles. The van der Waals surface area contributed by atoms with Gasteiger partial charge in [0.1, 0.15) is 11.6 Å². The van der Waals surface area contributed by atoms with Crippen molar-refractivity contribution >= 4 is 11.8 Å². The monoisotopic (exact) mass is 460 g/mol. The number of ether oxygens (including phenoxy) is 1. The van der Waals surface area contributed by atoms with Crippen LogP contribution in [0, 0.1) is 12.7 Å². The maximum Gasteiger partial charge on any atom is 0.258 e. The number of aryl methyl sites for hydroxylation is 1. The van der Waals surface area contributed by atoms with E-state index in [1.165, 1.54) is 17.7 Å². The highest BCUT2D eigenvalue weighted by molar-refractivity contribution is 5.78. The van der Waals surface area contributed by atoms with E-state index in [4.69, 9.17) is 4.74 Å². The summed E-state index contributed by atoms with van der Waals surface area (Å²) in [5.74, 6) is 0.0548. The van der Waals surface area contributed by atoms with Crippen LogP contribution in [-0.4, -0.2) is 29.9 Å². The maximum atomic E-state index is 13.3. The molecule has 0 spiro atoms. The van der Waals surface area contributed by atoms with Gasteiger partial charge in [-0.3, -0.25) is 9.59 Å². The molecule has 0 unspecified atom stereocenters. The van der Waals surface area contributed by atoms with Crippen LogP contribution < -0.4 is 10.1 Å². The highest BCUT2D eigenvalue weighted by atomic mass is 19.1. The first-order valence-electron chi connectivity index (χ1n) is 11.6. The van der Waals surface area contributed by atoms with E-state index in [2.05, 4.69) is 17.4 Å². The summed E-state index contributed by atoms with van der Waals surface area (Å²) in [6, 6.07) is 20.0. The molecule has 0 aromatic heterocycles. The Labute approximate surface area is 199 Å². The number of nitrogens with zero attached hydrogens (tertiary/aromatic N) is 1. The highest BCUT2D eigenvalue weighted by Gasteiger charge is 2.31. The number of carbonyl (C=O) groups excluding carboxylic acids is 2. The van der Waals surface area contributed by atoms with E-state index in [1.54, 1.807) is 12.1 Å². The molecule has 6 heteroatoms. The van der Waals surface area contributed by atoms with Gasteiger partial charge < -0.3 is 15.0 Å². The zero-order valence-electron chi connectivity index (χ0n) is 19.5. The number of hydrogen-bond donors (Lipinski definition) is 1. The van der Waals surface area contributed by atoms with Crippen molar-refractivity contribution in [2.45, 2.75) is 39.3 Å². The fourth-order valence-electron chi connectivity index (χ4n) is 4.40. The summed E-state index contributed by atoms with van der Waals surface area (Å²) in [5, 5.41) is 2.75. The number of carbonyl (C=O) groups is 2. The first-order chi connectivity index (χ1) is 16.4. The third-order valence-corrected chi connectivity index (χ3v) is 6.07. The molecule has 0 fully saturated rings. The molecule has 5 nitrogen and oxygen atoms in total. The second-order valence-corrected chi connectivity index (χ2v) is 8.56. The Morgan fingerprint density at radius 2 is 1.91 bits per heavy atom. The lowest BCUT2D eigenvalue weighted by molar-refractivity contribution is -0.133. The zero-order valence-corrected chi connectivity index (χ0v) is 19.5. The second-order valence-electron chi connectivity index (χ2n) is 8.56. The van der Waals surface area contributed by atoms with E-state index in [1.807, 2.05) is 49.1 Å². The van der Waals surface area contributed by atoms with Crippen LogP contribution in [-0.2, 0) is 22.6 Å². The van der Waals surface area contributed by atoms with Gasteiger partial charge in [0, 0.05) is 19.5 Å². The molecule has 176 valence electrons. The third kappa shape index (κ3) is 5.45. The van der Waals surface area contributed by atoms with E-state index >= 15 is 0 Å². The van der Waals surface area contributed by atoms with E-state index in [0.717, 1.165) is 23.1 Å². The summed E-state index contributed by atoms with van der Waals surface area (Å²) in [5.41, 5.74) is 5.08. The molecule has 34 heavy (non-hydrogen) atoms. The van der Waals surface area contributed by atoms with Crippen molar-refractivity contribution < 1.29 is 18.7 Å². The van der Waals surface area contributed by atoms with Gasteiger partial charge in [0.25, 0.3) is 5.91 Å². The van der Waals surface area contributed by atoms with Gasteiger partial charge in [-0.05, 0) is 59.9 Å². The van der Waals surface area contributed by atoms with Crippen LogP contribution in [0.25, 0.3) is 0 Å². The minimum Gasteiger partial charge on any atom is -0.484 e. The minimum absolute atomic E-state index is 0.111. The number of benzene rings is 3. The van der Waals surface area contributed by atoms with E-state index in [0.29, 0.717) is 24.3 Å². The Morgan fingerprint density at radius 3 is 2.68 bits per heavy atom. The number of halogens is 1. The van der Waals surface area contributed by atoms with Crippen LogP contribution in [0.1, 0.15) is 47.2 Å². The van der Waals surface area contributed by atoms with Gasteiger partial charge in [0.05, 0.1) is 6.04 Å². The lowest BCUT2D eigenvalue weighted by atomic mass is 9.87. The first kappa shape index (κ1) is 23.5. The van der Waals surface area contributed by atoms with Gasteiger partial charge >= 0.3 is 0 Å². The van der Waals surface area contributed by atoms with Crippen LogP contribution in [0.5, 0.6) is 5.75 Å². The highest BCUT2D eigenvalue weighted by Crippen LogP contribution is 2.37. The van der Waals surface area contributed by atoms with Crippen LogP contribution in [0.4, 0.5) is 4.39 Å². The van der Waals surface area contributed by atoms with Gasteiger partial charge in [0.2, 0.25) is 5.91 Å². The van der Waals surface area contributed by atoms with Crippen LogP contribution >= 0.6 is 0 Å². The van der Waals surface area contributed by atoms with E-state index in [9.17, 15) is 14.0 Å². The van der Waals surface area contributed by atoms with Crippen molar-refractivity contribution in [1.82, 2.24) is 10.2 Å². The predicted molar refractivity (Wildman–Crippen MR) is 129 cm³/mol. The van der Waals surface area contributed by atoms with Crippen LogP contribution in [0.2, 0.25) is 0 Å². The fraction of sp³-hybridized carbons (Fsp3) is 0.286. The second kappa shape index (κ2) is 10.5. The summed E-state index contributed by atoms with van der Waals surface area (Å²) in [6.45, 7) is 4.67. The Hall–Kier alpha value is -3.67. The Balaban J connectivity index is 1.50. The van der Waals surface area contributed by atoms with Gasteiger partial charge in [-0.1, -0.05) is 55.0 Å².